The van der Waals surface area contributed by atoms with Crippen LogP contribution < -0.4 is 4.90 Å². The fraction of sp³-hybridized carbons (Fsp3) is 0.632. The molecule has 0 unspecified atom stereocenters. The smallest absolute Gasteiger partial charge is 0.410 e. The minimum atomic E-state index is -0.521. The van der Waals surface area contributed by atoms with Crippen molar-refractivity contribution in [2.24, 2.45) is 0 Å². The summed E-state index contributed by atoms with van der Waals surface area (Å²) in [7, 11) is 1.33. The lowest BCUT2D eigenvalue weighted by atomic mass is 10.0. The number of hydrogen-bond acceptors (Lipinski definition) is 6. The number of carbonyl (C=O) groups is 2. The SMILES string of the molecule is CC[C@@H]1CN(c2ccc(C(=O)OC)nc2Br)[C@H](C)CN1C(=O)OC(C)(C)C. The van der Waals surface area contributed by atoms with Gasteiger partial charge in [0.1, 0.15) is 15.9 Å². The van der Waals surface area contributed by atoms with Crippen LogP contribution in [-0.2, 0) is 9.47 Å². The molecule has 1 aliphatic rings. The summed E-state index contributed by atoms with van der Waals surface area (Å²) in [4.78, 5) is 32.6. The molecule has 0 aliphatic carbocycles. The second kappa shape index (κ2) is 8.46. The van der Waals surface area contributed by atoms with Crippen LogP contribution in [0.4, 0.5) is 10.5 Å². The standard InChI is InChI=1S/C19H28BrN3O4/c1-7-13-11-22(12(2)10-23(13)18(25)27-19(3,4)5)15-9-8-14(17(24)26-6)21-16(15)20/h8-9,12-13H,7,10-11H2,1-6H3/t12-,13-/m1/s1. The lowest BCUT2D eigenvalue weighted by molar-refractivity contribution is 0.0106. The molecule has 1 amide bonds. The zero-order valence-electron chi connectivity index (χ0n) is 16.8. The van der Waals surface area contributed by atoms with Crippen LogP contribution in [0.25, 0.3) is 0 Å². The average molecular weight is 442 g/mol. The first-order valence-corrected chi connectivity index (χ1v) is 9.87. The first kappa shape index (κ1) is 21.5. The van der Waals surface area contributed by atoms with Crippen molar-refractivity contribution in [3.8, 4) is 0 Å². The third kappa shape index (κ3) is 5.12. The first-order valence-electron chi connectivity index (χ1n) is 9.08. The van der Waals surface area contributed by atoms with E-state index in [4.69, 9.17) is 9.47 Å². The molecule has 1 saturated heterocycles. The molecule has 0 radical (unpaired) electrons. The number of amides is 1. The number of nitrogens with zero attached hydrogens (tertiary/aromatic N) is 3. The van der Waals surface area contributed by atoms with E-state index in [1.165, 1.54) is 7.11 Å². The minimum Gasteiger partial charge on any atom is -0.464 e. The van der Waals surface area contributed by atoms with Gasteiger partial charge in [0.25, 0.3) is 0 Å². The van der Waals surface area contributed by atoms with Crippen LogP contribution in [0.2, 0.25) is 0 Å². The molecule has 2 rings (SSSR count). The molecule has 8 heteroatoms. The quantitative estimate of drug-likeness (QED) is 0.523. The lowest BCUT2D eigenvalue weighted by Crippen LogP contribution is -2.59. The molecule has 0 bridgehead atoms. The van der Waals surface area contributed by atoms with Gasteiger partial charge in [0.15, 0.2) is 0 Å². The number of esters is 1. The normalized spacial score (nSPS) is 20.4. The summed E-state index contributed by atoms with van der Waals surface area (Å²) in [5.41, 5.74) is 0.615. The van der Waals surface area contributed by atoms with Gasteiger partial charge in [-0.3, -0.25) is 0 Å². The molecule has 2 heterocycles. The van der Waals surface area contributed by atoms with E-state index >= 15 is 0 Å². The van der Waals surface area contributed by atoms with E-state index in [0.29, 0.717) is 17.7 Å². The number of aromatic nitrogens is 1. The van der Waals surface area contributed by atoms with Crippen molar-refractivity contribution in [1.29, 1.82) is 0 Å². The van der Waals surface area contributed by atoms with Gasteiger partial charge in [-0.25, -0.2) is 14.6 Å². The van der Waals surface area contributed by atoms with Gasteiger partial charge < -0.3 is 19.3 Å². The molecule has 27 heavy (non-hydrogen) atoms. The van der Waals surface area contributed by atoms with E-state index < -0.39 is 11.6 Å². The average Bonchev–Trinajstić information content (AvgIpc) is 2.59. The molecule has 1 aromatic heterocycles. The van der Waals surface area contributed by atoms with E-state index in [0.717, 1.165) is 12.1 Å². The number of methoxy groups -OCH3 is 1. The molecule has 7 nitrogen and oxygen atoms in total. The van der Waals surface area contributed by atoms with Crippen molar-refractivity contribution >= 4 is 33.7 Å². The number of ether oxygens (including phenoxy) is 2. The number of pyridine rings is 1. The summed E-state index contributed by atoms with van der Waals surface area (Å²) in [6.45, 7) is 11.0. The Bertz CT molecular complexity index is 705. The highest BCUT2D eigenvalue weighted by molar-refractivity contribution is 9.10. The Kier molecular flexibility index (Phi) is 6.72. The second-order valence-corrected chi connectivity index (χ2v) is 8.45. The topological polar surface area (TPSA) is 72.0 Å². The zero-order chi connectivity index (χ0) is 20.4. The van der Waals surface area contributed by atoms with Gasteiger partial charge in [0.05, 0.1) is 18.8 Å². The number of carbonyl (C=O) groups excluding carboxylic acids is 2. The highest BCUT2D eigenvalue weighted by Crippen LogP contribution is 2.31. The van der Waals surface area contributed by atoms with Crippen molar-refractivity contribution in [2.75, 3.05) is 25.1 Å². The molecule has 0 N–H and O–H groups in total. The van der Waals surface area contributed by atoms with Crippen molar-refractivity contribution < 1.29 is 19.1 Å². The Morgan fingerprint density at radius 2 is 1.96 bits per heavy atom. The molecule has 2 atom stereocenters. The maximum Gasteiger partial charge on any atom is 0.410 e. The summed E-state index contributed by atoms with van der Waals surface area (Å²) < 4.78 is 10.9. The third-order valence-corrected chi connectivity index (χ3v) is 5.06. The lowest BCUT2D eigenvalue weighted by Gasteiger charge is -2.46. The summed E-state index contributed by atoms with van der Waals surface area (Å²) in [5, 5.41) is 0. The Labute approximate surface area is 169 Å². The van der Waals surface area contributed by atoms with E-state index in [-0.39, 0.29) is 23.9 Å². The largest absolute Gasteiger partial charge is 0.464 e. The van der Waals surface area contributed by atoms with Crippen molar-refractivity contribution in [3.05, 3.63) is 22.4 Å². The number of anilines is 1. The van der Waals surface area contributed by atoms with Crippen molar-refractivity contribution in [2.45, 2.75) is 58.7 Å². The highest BCUT2D eigenvalue weighted by Gasteiger charge is 2.36. The van der Waals surface area contributed by atoms with Crippen LogP contribution in [0.3, 0.4) is 0 Å². The van der Waals surface area contributed by atoms with Gasteiger partial charge in [0.2, 0.25) is 0 Å². The fourth-order valence-electron chi connectivity index (χ4n) is 3.13. The first-order chi connectivity index (χ1) is 12.6. The summed E-state index contributed by atoms with van der Waals surface area (Å²) in [5.74, 6) is -0.475. The molecule has 1 aromatic rings. The molecular formula is C19H28BrN3O4. The third-order valence-electron chi connectivity index (χ3n) is 4.47. The van der Waals surface area contributed by atoms with Crippen molar-refractivity contribution in [3.63, 3.8) is 0 Å². The fourth-order valence-corrected chi connectivity index (χ4v) is 3.68. The predicted molar refractivity (Wildman–Crippen MR) is 107 cm³/mol. The highest BCUT2D eigenvalue weighted by atomic mass is 79.9. The number of hydrogen-bond donors (Lipinski definition) is 0. The molecule has 0 spiro atoms. The Morgan fingerprint density at radius 1 is 1.30 bits per heavy atom. The maximum atomic E-state index is 12.6. The molecular weight excluding hydrogens is 414 g/mol. The van der Waals surface area contributed by atoms with Crippen LogP contribution in [0.15, 0.2) is 16.7 Å². The molecule has 1 fully saturated rings. The van der Waals surface area contributed by atoms with Crippen LogP contribution in [0.5, 0.6) is 0 Å². The molecule has 0 saturated carbocycles. The minimum absolute atomic E-state index is 0.0308. The maximum absolute atomic E-state index is 12.6. The van der Waals surface area contributed by atoms with Crippen LogP contribution in [0, 0.1) is 0 Å². The van der Waals surface area contributed by atoms with Crippen molar-refractivity contribution in [1.82, 2.24) is 9.88 Å². The number of piperazine rings is 1. The van der Waals surface area contributed by atoms with E-state index in [1.54, 1.807) is 6.07 Å². The van der Waals surface area contributed by atoms with Crippen LogP contribution in [0.1, 0.15) is 51.5 Å². The van der Waals surface area contributed by atoms with Gasteiger partial charge in [-0.05, 0) is 62.2 Å². The second-order valence-electron chi connectivity index (χ2n) is 7.69. The van der Waals surface area contributed by atoms with Gasteiger partial charge >= 0.3 is 12.1 Å². The van der Waals surface area contributed by atoms with E-state index in [9.17, 15) is 9.59 Å². The molecule has 1 aliphatic heterocycles. The Hall–Kier alpha value is -1.83. The monoisotopic (exact) mass is 441 g/mol. The van der Waals surface area contributed by atoms with E-state index in [1.807, 2.05) is 31.7 Å². The Balaban J connectivity index is 2.22. The zero-order valence-corrected chi connectivity index (χ0v) is 18.4. The van der Waals surface area contributed by atoms with E-state index in [2.05, 4.69) is 39.7 Å². The van der Waals surface area contributed by atoms with Gasteiger partial charge in [0, 0.05) is 19.1 Å². The Morgan fingerprint density at radius 3 is 2.48 bits per heavy atom. The van der Waals surface area contributed by atoms with Crippen LogP contribution >= 0.6 is 15.9 Å². The van der Waals surface area contributed by atoms with Gasteiger partial charge in [-0.1, -0.05) is 6.92 Å². The van der Waals surface area contributed by atoms with Gasteiger partial charge in [-0.15, -0.1) is 0 Å². The summed E-state index contributed by atoms with van der Waals surface area (Å²) in [6, 6.07) is 3.61. The molecule has 150 valence electrons. The van der Waals surface area contributed by atoms with Crippen LogP contribution in [-0.4, -0.2) is 59.8 Å². The number of halogens is 1. The summed E-state index contributed by atoms with van der Waals surface area (Å²) >= 11 is 3.47. The van der Waals surface area contributed by atoms with Gasteiger partial charge in [-0.2, -0.15) is 0 Å². The predicted octanol–water partition coefficient (Wildman–Crippen LogP) is 3.85. The number of rotatable bonds is 3. The summed E-state index contributed by atoms with van der Waals surface area (Å²) in [6.07, 6.45) is 0.535. The molecule has 0 aromatic carbocycles.